The molecule has 4 rings (SSSR count). The Bertz CT molecular complexity index is 651. The molecule has 2 atom stereocenters. The number of phenols is 1. The SMILES string of the molecule is Oc1ccc2cc1Oc1ccc(cc1)CC[C@H](O)C[C@@H](O)CC2. The summed E-state index contributed by atoms with van der Waals surface area (Å²) in [5, 5.41) is 30.1. The minimum Gasteiger partial charge on any atom is -0.504 e. The van der Waals surface area contributed by atoms with Crippen LogP contribution in [0.25, 0.3) is 0 Å². The number of hydrogen-bond donors (Lipinski definition) is 3. The second-order valence-corrected chi connectivity index (χ2v) is 6.17. The highest BCUT2D eigenvalue weighted by molar-refractivity contribution is 5.45. The molecule has 0 aliphatic carbocycles. The van der Waals surface area contributed by atoms with Gasteiger partial charge in [0.1, 0.15) is 5.75 Å². The second kappa shape index (κ2) is 7.02. The van der Waals surface area contributed by atoms with E-state index in [1.54, 1.807) is 12.1 Å². The third-order valence-corrected chi connectivity index (χ3v) is 4.25. The Balaban J connectivity index is 1.89. The lowest BCUT2D eigenvalue weighted by molar-refractivity contribution is 0.0714. The molecule has 0 amide bonds. The number of fused-ring (bicyclic) bond motifs is 8. The van der Waals surface area contributed by atoms with Crippen LogP contribution in [0.3, 0.4) is 0 Å². The average molecular weight is 314 g/mol. The summed E-state index contributed by atoms with van der Waals surface area (Å²) >= 11 is 0. The van der Waals surface area contributed by atoms with Crippen molar-refractivity contribution in [2.75, 3.05) is 0 Å². The molecule has 0 unspecified atom stereocenters. The topological polar surface area (TPSA) is 69.9 Å². The number of aryl methyl sites for hydroxylation is 2. The van der Waals surface area contributed by atoms with Crippen LogP contribution in [0, 0.1) is 0 Å². The third kappa shape index (κ3) is 4.24. The lowest BCUT2D eigenvalue weighted by atomic mass is 9.99. The highest BCUT2D eigenvalue weighted by atomic mass is 16.5. The minimum absolute atomic E-state index is 0.0955. The van der Waals surface area contributed by atoms with Crippen LogP contribution in [0.1, 0.15) is 30.4 Å². The van der Waals surface area contributed by atoms with E-state index >= 15 is 0 Å². The molecule has 0 saturated heterocycles. The highest BCUT2D eigenvalue weighted by Crippen LogP contribution is 2.32. The van der Waals surface area contributed by atoms with Gasteiger partial charge in [0, 0.05) is 0 Å². The van der Waals surface area contributed by atoms with Crippen molar-refractivity contribution < 1.29 is 20.1 Å². The van der Waals surface area contributed by atoms with Crippen LogP contribution >= 0.6 is 0 Å². The standard InChI is InChI=1S/C19H22O4/c20-15-6-1-13-3-8-17(9-4-13)23-19-11-14(5-10-18(19)22)2-7-16(21)12-15/h3-5,8-11,15-16,20-22H,1-2,6-7,12H2/t15-,16-/m0/s1. The summed E-state index contributed by atoms with van der Waals surface area (Å²) < 4.78 is 5.76. The number of benzene rings is 2. The van der Waals surface area contributed by atoms with E-state index in [4.69, 9.17) is 4.74 Å². The van der Waals surface area contributed by atoms with E-state index in [1.807, 2.05) is 30.3 Å². The lowest BCUT2D eigenvalue weighted by Crippen LogP contribution is -2.19. The molecule has 4 bridgehead atoms. The number of aromatic hydroxyl groups is 1. The first kappa shape index (κ1) is 15.8. The second-order valence-electron chi connectivity index (χ2n) is 6.17. The summed E-state index contributed by atoms with van der Waals surface area (Å²) in [5.41, 5.74) is 2.09. The minimum atomic E-state index is -0.532. The quantitative estimate of drug-likeness (QED) is 0.698. The van der Waals surface area contributed by atoms with Crippen LogP contribution in [0.4, 0.5) is 0 Å². The van der Waals surface area contributed by atoms with Crippen LogP contribution < -0.4 is 4.74 Å². The predicted octanol–water partition coefficient (Wildman–Crippen LogP) is 3.18. The largest absolute Gasteiger partial charge is 0.504 e. The van der Waals surface area contributed by atoms with Crippen molar-refractivity contribution in [2.45, 2.75) is 44.3 Å². The molecule has 2 aromatic carbocycles. The average Bonchev–Trinajstić information content (AvgIpc) is 2.55. The number of hydrogen-bond acceptors (Lipinski definition) is 4. The summed E-state index contributed by atoms with van der Waals surface area (Å²) in [6, 6.07) is 12.9. The van der Waals surface area contributed by atoms with Crippen molar-refractivity contribution in [2.24, 2.45) is 0 Å². The first-order valence-electron chi connectivity index (χ1n) is 8.05. The van der Waals surface area contributed by atoms with Gasteiger partial charge in [0.05, 0.1) is 12.2 Å². The molecule has 0 spiro atoms. The van der Waals surface area contributed by atoms with Crippen LogP contribution in [0.15, 0.2) is 42.5 Å². The summed E-state index contributed by atoms with van der Waals surface area (Å²) in [5.74, 6) is 1.18. The van der Waals surface area contributed by atoms with E-state index in [2.05, 4.69) is 0 Å². The van der Waals surface area contributed by atoms with E-state index in [-0.39, 0.29) is 5.75 Å². The molecule has 2 aliphatic rings. The number of ether oxygens (including phenoxy) is 1. The third-order valence-electron chi connectivity index (χ3n) is 4.25. The Hall–Kier alpha value is -2.04. The fraction of sp³-hybridized carbons (Fsp3) is 0.368. The molecule has 4 nitrogen and oxygen atoms in total. The van der Waals surface area contributed by atoms with Gasteiger partial charge in [0.25, 0.3) is 0 Å². The van der Waals surface area contributed by atoms with E-state index in [0.717, 1.165) is 17.5 Å². The Morgan fingerprint density at radius 1 is 0.826 bits per heavy atom. The van der Waals surface area contributed by atoms with Gasteiger partial charge < -0.3 is 20.1 Å². The van der Waals surface area contributed by atoms with Gasteiger partial charge >= 0.3 is 0 Å². The van der Waals surface area contributed by atoms with E-state index in [0.29, 0.717) is 37.2 Å². The molecule has 4 heteroatoms. The molecule has 23 heavy (non-hydrogen) atoms. The monoisotopic (exact) mass is 314 g/mol. The van der Waals surface area contributed by atoms with Gasteiger partial charge in [-0.1, -0.05) is 18.2 Å². The van der Waals surface area contributed by atoms with Crippen molar-refractivity contribution in [3.63, 3.8) is 0 Å². The molecule has 0 radical (unpaired) electrons. The number of aliphatic hydroxyl groups excluding tert-OH is 2. The van der Waals surface area contributed by atoms with Crippen LogP contribution in [0.5, 0.6) is 17.2 Å². The van der Waals surface area contributed by atoms with Gasteiger partial charge in [-0.2, -0.15) is 0 Å². The first-order valence-corrected chi connectivity index (χ1v) is 8.05. The molecule has 122 valence electrons. The molecule has 0 fully saturated rings. The zero-order valence-corrected chi connectivity index (χ0v) is 13.0. The zero-order chi connectivity index (χ0) is 16.2. The van der Waals surface area contributed by atoms with Crippen LogP contribution in [-0.2, 0) is 12.8 Å². The van der Waals surface area contributed by atoms with Gasteiger partial charge in [0.2, 0.25) is 0 Å². The van der Waals surface area contributed by atoms with Crippen LogP contribution in [0.2, 0.25) is 0 Å². The Morgan fingerprint density at radius 3 is 2.13 bits per heavy atom. The van der Waals surface area contributed by atoms with Gasteiger partial charge in [-0.05, 0) is 67.5 Å². The van der Waals surface area contributed by atoms with Gasteiger partial charge in [-0.3, -0.25) is 0 Å². The maximum absolute atomic E-state index is 10.1. The molecule has 2 heterocycles. The molecule has 0 aromatic heterocycles. The Labute approximate surface area is 136 Å². The maximum Gasteiger partial charge on any atom is 0.169 e. The summed E-state index contributed by atoms with van der Waals surface area (Å²) in [6.45, 7) is 0. The molecular formula is C19H22O4. The molecule has 0 saturated carbocycles. The Kier molecular flexibility index (Phi) is 4.84. The van der Waals surface area contributed by atoms with E-state index in [1.165, 1.54) is 0 Å². The number of aliphatic hydroxyl groups is 2. The summed E-state index contributed by atoms with van der Waals surface area (Å²) in [6.07, 6.45) is 1.99. The van der Waals surface area contributed by atoms with Crippen molar-refractivity contribution in [1.29, 1.82) is 0 Å². The van der Waals surface area contributed by atoms with E-state index in [9.17, 15) is 15.3 Å². The first-order chi connectivity index (χ1) is 11.1. The molecular weight excluding hydrogens is 292 g/mol. The number of rotatable bonds is 0. The summed E-state index contributed by atoms with van der Waals surface area (Å²) in [7, 11) is 0. The van der Waals surface area contributed by atoms with Gasteiger partial charge in [-0.15, -0.1) is 0 Å². The van der Waals surface area contributed by atoms with Crippen molar-refractivity contribution in [1.82, 2.24) is 0 Å². The fourth-order valence-electron chi connectivity index (χ4n) is 2.86. The lowest BCUT2D eigenvalue weighted by Gasteiger charge is -2.15. The smallest absolute Gasteiger partial charge is 0.169 e. The van der Waals surface area contributed by atoms with Gasteiger partial charge in [-0.25, -0.2) is 0 Å². The predicted molar refractivity (Wildman–Crippen MR) is 87.9 cm³/mol. The normalized spacial score (nSPS) is 22.0. The fourth-order valence-corrected chi connectivity index (χ4v) is 2.86. The zero-order valence-electron chi connectivity index (χ0n) is 13.0. The number of phenolic OH excluding ortho intramolecular Hbond substituents is 1. The molecule has 3 N–H and O–H groups in total. The summed E-state index contributed by atoms with van der Waals surface area (Å²) in [4.78, 5) is 0. The van der Waals surface area contributed by atoms with Gasteiger partial charge in [0.15, 0.2) is 11.5 Å². The van der Waals surface area contributed by atoms with Crippen LogP contribution in [-0.4, -0.2) is 27.5 Å². The highest BCUT2D eigenvalue weighted by Gasteiger charge is 2.14. The van der Waals surface area contributed by atoms with Crippen molar-refractivity contribution >= 4 is 0 Å². The molecule has 2 aliphatic heterocycles. The Morgan fingerprint density at radius 2 is 1.43 bits per heavy atom. The molecule has 2 aromatic rings. The van der Waals surface area contributed by atoms with E-state index < -0.39 is 12.2 Å². The maximum atomic E-state index is 10.1. The van der Waals surface area contributed by atoms with Crippen molar-refractivity contribution in [3.05, 3.63) is 53.6 Å². The van der Waals surface area contributed by atoms with Crippen molar-refractivity contribution in [3.8, 4) is 17.2 Å².